The van der Waals surface area contributed by atoms with Crippen molar-refractivity contribution in [3.8, 4) is 0 Å². The Morgan fingerprint density at radius 1 is 0.946 bits per heavy atom. The summed E-state index contributed by atoms with van der Waals surface area (Å²) in [6.07, 6.45) is 0.417. The Balaban J connectivity index is 1.40. The van der Waals surface area contributed by atoms with Crippen molar-refractivity contribution in [1.82, 2.24) is 4.90 Å². The van der Waals surface area contributed by atoms with E-state index >= 15 is 0 Å². The maximum absolute atomic E-state index is 13.5. The zero-order valence-corrected chi connectivity index (χ0v) is 21.8. The summed E-state index contributed by atoms with van der Waals surface area (Å²) in [6, 6.07) is 20.8. The molecule has 0 atom stereocenters. The largest absolute Gasteiger partial charge is 0.478 e. The van der Waals surface area contributed by atoms with Crippen molar-refractivity contribution in [3.05, 3.63) is 99.4 Å². The van der Waals surface area contributed by atoms with Gasteiger partial charge in [0.25, 0.3) is 11.8 Å². The molecule has 1 aliphatic rings. The van der Waals surface area contributed by atoms with Gasteiger partial charge >= 0.3 is 5.97 Å². The van der Waals surface area contributed by atoms with Gasteiger partial charge in [0.2, 0.25) is 0 Å². The fourth-order valence-corrected chi connectivity index (χ4v) is 6.02. The molecule has 0 saturated heterocycles. The first-order valence-corrected chi connectivity index (χ1v) is 13.0. The number of anilines is 1. The molecule has 0 fully saturated rings. The Morgan fingerprint density at radius 2 is 1.65 bits per heavy atom. The molecule has 188 valence electrons. The Kier molecular flexibility index (Phi) is 6.33. The van der Waals surface area contributed by atoms with E-state index in [1.54, 1.807) is 17.0 Å². The number of fused-ring (bicyclic) bond motifs is 2. The molecule has 7 heteroatoms. The molecule has 1 aromatic heterocycles. The molecule has 2 amide bonds. The number of benzene rings is 3. The number of hydrogen-bond donors (Lipinski definition) is 2. The van der Waals surface area contributed by atoms with Crippen molar-refractivity contribution in [2.75, 3.05) is 11.9 Å². The van der Waals surface area contributed by atoms with Gasteiger partial charge in [0.15, 0.2) is 0 Å². The standard InChI is InChI=1S/C30H28N2O4S/c1-30(2,3)20-13-11-19(12-14-20)26(33)31-27-25(29(35)36)23-15-16-32(17-24(23)37-27)28(34)22-10-6-8-18-7-4-5-9-21(18)22/h4-14H,15-17H2,1-3H3,(H,31,33)(H,35,36). The number of amides is 2. The highest BCUT2D eigenvalue weighted by atomic mass is 32.1. The van der Waals surface area contributed by atoms with Gasteiger partial charge in [-0.3, -0.25) is 9.59 Å². The number of rotatable bonds is 4. The predicted molar refractivity (Wildman–Crippen MR) is 147 cm³/mol. The van der Waals surface area contributed by atoms with Crippen molar-refractivity contribution in [2.24, 2.45) is 0 Å². The molecule has 0 spiro atoms. The van der Waals surface area contributed by atoms with Crippen LogP contribution in [0.5, 0.6) is 0 Å². The molecule has 3 aromatic carbocycles. The molecule has 0 bridgehead atoms. The Hall–Kier alpha value is -3.97. The SMILES string of the molecule is CC(C)(C)c1ccc(C(=O)Nc2sc3c(c2C(=O)O)CCN(C(=O)c2cccc4ccccc24)C3)cc1. The molecule has 0 radical (unpaired) electrons. The van der Waals surface area contributed by atoms with Crippen LogP contribution in [-0.2, 0) is 18.4 Å². The quantitative estimate of drug-likeness (QED) is 0.334. The molecule has 6 nitrogen and oxygen atoms in total. The van der Waals surface area contributed by atoms with Gasteiger partial charge in [-0.05, 0) is 51.9 Å². The number of aromatic carboxylic acids is 1. The highest BCUT2D eigenvalue weighted by Gasteiger charge is 2.31. The third-order valence-electron chi connectivity index (χ3n) is 6.82. The summed E-state index contributed by atoms with van der Waals surface area (Å²) in [5.74, 6) is -1.52. The van der Waals surface area contributed by atoms with Crippen molar-refractivity contribution >= 4 is 44.9 Å². The van der Waals surface area contributed by atoms with E-state index in [1.165, 1.54) is 11.3 Å². The summed E-state index contributed by atoms with van der Waals surface area (Å²) < 4.78 is 0. The summed E-state index contributed by atoms with van der Waals surface area (Å²) >= 11 is 1.23. The van der Waals surface area contributed by atoms with Crippen LogP contribution in [0, 0.1) is 0 Å². The second kappa shape index (κ2) is 9.48. The number of carbonyl (C=O) groups excluding carboxylic acids is 2. The van der Waals surface area contributed by atoms with Crippen molar-refractivity contribution in [2.45, 2.75) is 39.2 Å². The number of hydrogen-bond acceptors (Lipinski definition) is 4. The van der Waals surface area contributed by atoms with Crippen LogP contribution in [-0.4, -0.2) is 34.3 Å². The zero-order valence-electron chi connectivity index (χ0n) is 21.0. The van der Waals surface area contributed by atoms with E-state index in [0.29, 0.717) is 41.2 Å². The van der Waals surface area contributed by atoms with E-state index in [0.717, 1.165) is 21.2 Å². The van der Waals surface area contributed by atoms with Crippen LogP contribution < -0.4 is 5.32 Å². The first-order chi connectivity index (χ1) is 17.6. The first-order valence-electron chi connectivity index (χ1n) is 12.2. The van der Waals surface area contributed by atoms with E-state index in [-0.39, 0.29) is 22.8 Å². The minimum atomic E-state index is -1.08. The number of carboxylic acid groups (broad SMARTS) is 1. The Morgan fingerprint density at radius 3 is 2.35 bits per heavy atom. The number of carbonyl (C=O) groups is 3. The van der Waals surface area contributed by atoms with Crippen LogP contribution in [0.2, 0.25) is 0 Å². The number of nitrogens with one attached hydrogen (secondary N) is 1. The number of thiophene rings is 1. The minimum Gasteiger partial charge on any atom is -0.478 e. The van der Waals surface area contributed by atoms with E-state index in [2.05, 4.69) is 26.1 Å². The smallest absolute Gasteiger partial charge is 0.339 e. The summed E-state index contributed by atoms with van der Waals surface area (Å²) in [7, 11) is 0. The fourth-order valence-electron chi connectivity index (χ4n) is 4.77. The zero-order chi connectivity index (χ0) is 26.3. The molecule has 0 aliphatic carbocycles. The van der Waals surface area contributed by atoms with E-state index < -0.39 is 5.97 Å². The monoisotopic (exact) mass is 512 g/mol. The maximum atomic E-state index is 13.5. The first kappa shape index (κ1) is 24.7. The topological polar surface area (TPSA) is 86.7 Å². The third kappa shape index (κ3) is 4.74. The van der Waals surface area contributed by atoms with Crippen LogP contribution in [0.4, 0.5) is 5.00 Å². The van der Waals surface area contributed by atoms with Gasteiger partial charge in [-0.15, -0.1) is 11.3 Å². The molecule has 2 heterocycles. The van der Waals surface area contributed by atoms with Crippen LogP contribution in [0.3, 0.4) is 0 Å². The number of carboxylic acids is 1. The summed E-state index contributed by atoms with van der Waals surface area (Å²) in [5, 5.41) is 15.0. The van der Waals surface area contributed by atoms with Crippen LogP contribution in [0.15, 0.2) is 66.7 Å². The lowest BCUT2D eigenvalue weighted by atomic mass is 9.87. The van der Waals surface area contributed by atoms with E-state index in [1.807, 2.05) is 54.6 Å². The molecular weight excluding hydrogens is 484 g/mol. The average Bonchev–Trinajstić information content (AvgIpc) is 3.24. The summed E-state index contributed by atoms with van der Waals surface area (Å²) in [4.78, 5) is 41.2. The van der Waals surface area contributed by atoms with Gasteiger partial charge in [0.1, 0.15) is 5.00 Å². The third-order valence-corrected chi connectivity index (χ3v) is 7.95. The van der Waals surface area contributed by atoms with Gasteiger partial charge in [0.05, 0.1) is 12.1 Å². The molecular formula is C30H28N2O4S. The normalized spacial score (nSPS) is 13.3. The van der Waals surface area contributed by atoms with Crippen LogP contribution in [0.25, 0.3) is 10.8 Å². The second-order valence-corrected chi connectivity index (χ2v) is 11.4. The predicted octanol–water partition coefficient (Wildman–Crippen LogP) is 6.35. The summed E-state index contributed by atoms with van der Waals surface area (Å²) in [6.45, 7) is 7.02. The molecule has 37 heavy (non-hydrogen) atoms. The molecule has 5 rings (SSSR count). The molecule has 0 saturated carbocycles. The van der Waals surface area contributed by atoms with Crippen molar-refractivity contribution in [1.29, 1.82) is 0 Å². The minimum absolute atomic E-state index is 0.0341. The van der Waals surface area contributed by atoms with Gasteiger partial charge in [-0.25, -0.2) is 4.79 Å². The molecule has 2 N–H and O–H groups in total. The fraction of sp³-hybridized carbons (Fsp3) is 0.233. The van der Waals surface area contributed by atoms with Gasteiger partial charge < -0.3 is 15.3 Å². The van der Waals surface area contributed by atoms with Crippen LogP contribution in [0.1, 0.15) is 67.8 Å². The van der Waals surface area contributed by atoms with E-state index in [9.17, 15) is 19.5 Å². The van der Waals surface area contributed by atoms with Gasteiger partial charge in [-0.2, -0.15) is 0 Å². The average molecular weight is 513 g/mol. The van der Waals surface area contributed by atoms with E-state index in [4.69, 9.17) is 0 Å². The Labute approximate surface area is 219 Å². The lowest BCUT2D eigenvalue weighted by Gasteiger charge is -2.27. The second-order valence-electron chi connectivity index (χ2n) is 10.3. The highest BCUT2D eigenvalue weighted by molar-refractivity contribution is 7.17. The molecule has 4 aromatic rings. The lowest BCUT2D eigenvalue weighted by Crippen LogP contribution is -2.35. The number of nitrogens with zero attached hydrogens (tertiary/aromatic N) is 1. The van der Waals surface area contributed by atoms with Crippen molar-refractivity contribution in [3.63, 3.8) is 0 Å². The van der Waals surface area contributed by atoms with Crippen molar-refractivity contribution < 1.29 is 19.5 Å². The van der Waals surface area contributed by atoms with Crippen LogP contribution >= 0.6 is 11.3 Å². The Bertz CT molecular complexity index is 1520. The molecule has 1 aliphatic heterocycles. The lowest BCUT2D eigenvalue weighted by molar-refractivity contribution is 0.0696. The van der Waals surface area contributed by atoms with Gasteiger partial charge in [-0.1, -0.05) is 69.3 Å². The molecule has 0 unspecified atom stereocenters. The highest BCUT2D eigenvalue weighted by Crippen LogP contribution is 2.38. The van der Waals surface area contributed by atoms with Gasteiger partial charge in [0, 0.05) is 22.5 Å². The summed E-state index contributed by atoms with van der Waals surface area (Å²) in [5.41, 5.74) is 2.98. The maximum Gasteiger partial charge on any atom is 0.339 e.